The van der Waals surface area contributed by atoms with Crippen LogP contribution in [0.2, 0.25) is 5.02 Å². The lowest BCUT2D eigenvalue weighted by Gasteiger charge is -2.03. The van der Waals surface area contributed by atoms with E-state index in [9.17, 15) is 0 Å². The van der Waals surface area contributed by atoms with Gasteiger partial charge in [0.15, 0.2) is 5.82 Å². The van der Waals surface area contributed by atoms with Crippen LogP contribution in [-0.2, 0) is 5.75 Å². The lowest BCUT2D eigenvalue weighted by molar-refractivity contribution is 1.07. The van der Waals surface area contributed by atoms with Gasteiger partial charge < -0.3 is 5.73 Å². The normalized spacial score (nSPS) is 10.3. The standard InChI is InChI=1S/C11H10ClN3S/c12-9-3-1-2-8(6-9)7-16-11-10(13)14-4-5-15-11/h1-6H,7H2,(H2,13,14). The largest absolute Gasteiger partial charge is 0.381 e. The molecule has 0 amide bonds. The number of thioether (sulfide) groups is 1. The number of nitrogens with two attached hydrogens (primary N) is 1. The van der Waals surface area contributed by atoms with Gasteiger partial charge in [-0.15, -0.1) is 0 Å². The Hall–Kier alpha value is -1.26. The highest BCUT2D eigenvalue weighted by atomic mass is 35.5. The summed E-state index contributed by atoms with van der Waals surface area (Å²) in [5.41, 5.74) is 6.84. The highest BCUT2D eigenvalue weighted by molar-refractivity contribution is 7.98. The monoisotopic (exact) mass is 251 g/mol. The van der Waals surface area contributed by atoms with Gasteiger partial charge in [-0.3, -0.25) is 0 Å². The van der Waals surface area contributed by atoms with Gasteiger partial charge in [-0.05, 0) is 17.7 Å². The number of nitrogens with zero attached hydrogens (tertiary/aromatic N) is 2. The molecule has 2 aromatic rings. The van der Waals surface area contributed by atoms with Crippen molar-refractivity contribution in [3.05, 3.63) is 47.2 Å². The van der Waals surface area contributed by atoms with Crippen molar-refractivity contribution in [1.29, 1.82) is 0 Å². The Morgan fingerprint density at radius 3 is 2.81 bits per heavy atom. The number of hydrogen-bond donors (Lipinski definition) is 1. The van der Waals surface area contributed by atoms with Crippen LogP contribution in [0.5, 0.6) is 0 Å². The summed E-state index contributed by atoms with van der Waals surface area (Å²) in [6, 6.07) is 7.73. The zero-order valence-corrected chi connectivity index (χ0v) is 10.0. The van der Waals surface area contributed by atoms with Crippen molar-refractivity contribution in [2.24, 2.45) is 0 Å². The van der Waals surface area contributed by atoms with Crippen molar-refractivity contribution < 1.29 is 0 Å². The van der Waals surface area contributed by atoms with Gasteiger partial charge in [-0.25, -0.2) is 9.97 Å². The number of anilines is 1. The minimum atomic E-state index is 0.467. The Balaban J connectivity index is 2.05. The van der Waals surface area contributed by atoms with Crippen molar-refractivity contribution in [2.45, 2.75) is 10.8 Å². The molecule has 16 heavy (non-hydrogen) atoms. The Labute approximate surface area is 103 Å². The maximum absolute atomic E-state index is 5.90. The zero-order chi connectivity index (χ0) is 11.4. The molecule has 2 rings (SSSR count). The predicted octanol–water partition coefficient (Wildman–Crippen LogP) is 3.00. The van der Waals surface area contributed by atoms with Crippen molar-refractivity contribution in [1.82, 2.24) is 9.97 Å². The first-order valence-corrected chi connectivity index (χ1v) is 6.06. The Bertz CT molecular complexity index is 490. The molecule has 0 aliphatic carbocycles. The molecule has 5 heteroatoms. The van der Waals surface area contributed by atoms with Crippen LogP contribution in [0.4, 0.5) is 5.82 Å². The van der Waals surface area contributed by atoms with Crippen LogP contribution in [0.25, 0.3) is 0 Å². The number of hydrogen-bond acceptors (Lipinski definition) is 4. The van der Waals surface area contributed by atoms with Crippen LogP contribution in [0, 0.1) is 0 Å². The van der Waals surface area contributed by atoms with E-state index in [-0.39, 0.29) is 0 Å². The summed E-state index contributed by atoms with van der Waals surface area (Å²) in [6.07, 6.45) is 3.22. The second-order valence-electron chi connectivity index (χ2n) is 3.17. The highest BCUT2D eigenvalue weighted by Gasteiger charge is 2.02. The fraction of sp³-hybridized carbons (Fsp3) is 0.0909. The molecule has 0 bridgehead atoms. The molecule has 0 fully saturated rings. The van der Waals surface area contributed by atoms with E-state index in [1.807, 2.05) is 24.3 Å². The van der Waals surface area contributed by atoms with E-state index in [1.54, 1.807) is 24.2 Å². The number of benzene rings is 1. The molecule has 82 valence electrons. The summed E-state index contributed by atoms with van der Waals surface area (Å²) < 4.78 is 0. The molecular weight excluding hydrogens is 242 g/mol. The van der Waals surface area contributed by atoms with Crippen LogP contribution in [0.1, 0.15) is 5.56 Å². The van der Waals surface area contributed by atoms with E-state index < -0.39 is 0 Å². The fourth-order valence-electron chi connectivity index (χ4n) is 1.23. The summed E-state index contributed by atoms with van der Waals surface area (Å²) in [6.45, 7) is 0. The fourth-order valence-corrected chi connectivity index (χ4v) is 2.26. The third-order valence-electron chi connectivity index (χ3n) is 1.96. The number of nitrogen functional groups attached to an aromatic ring is 1. The van der Waals surface area contributed by atoms with Crippen LogP contribution in [-0.4, -0.2) is 9.97 Å². The van der Waals surface area contributed by atoms with Crippen LogP contribution < -0.4 is 5.73 Å². The summed E-state index contributed by atoms with van der Waals surface area (Å²) in [4.78, 5) is 8.14. The maximum atomic E-state index is 5.90. The number of aromatic nitrogens is 2. The molecule has 0 aliphatic heterocycles. The van der Waals surface area contributed by atoms with Gasteiger partial charge in [0.25, 0.3) is 0 Å². The first-order valence-electron chi connectivity index (χ1n) is 4.69. The maximum Gasteiger partial charge on any atom is 0.156 e. The second-order valence-corrected chi connectivity index (χ2v) is 4.57. The third kappa shape index (κ3) is 2.87. The van der Waals surface area contributed by atoms with Gasteiger partial charge in [0, 0.05) is 23.2 Å². The molecular formula is C11H10ClN3S. The molecule has 0 spiro atoms. The van der Waals surface area contributed by atoms with E-state index in [0.717, 1.165) is 21.4 Å². The highest BCUT2D eigenvalue weighted by Crippen LogP contribution is 2.25. The minimum absolute atomic E-state index is 0.467. The minimum Gasteiger partial charge on any atom is -0.381 e. The summed E-state index contributed by atoms with van der Waals surface area (Å²) >= 11 is 7.45. The average molecular weight is 252 g/mol. The molecule has 0 aliphatic rings. The number of rotatable bonds is 3. The summed E-state index contributed by atoms with van der Waals surface area (Å²) in [7, 11) is 0. The van der Waals surface area contributed by atoms with Crippen LogP contribution in [0.15, 0.2) is 41.7 Å². The molecule has 0 atom stereocenters. The van der Waals surface area contributed by atoms with Crippen LogP contribution in [0.3, 0.4) is 0 Å². The molecule has 1 aromatic heterocycles. The molecule has 3 nitrogen and oxygen atoms in total. The average Bonchev–Trinajstić information content (AvgIpc) is 2.28. The van der Waals surface area contributed by atoms with Gasteiger partial charge >= 0.3 is 0 Å². The van der Waals surface area contributed by atoms with Crippen molar-refractivity contribution in [2.75, 3.05) is 5.73 Å². The lowest BCUT2D eigenvalue weighted by atomic mass is 10.2. The SMILES string of the molecule is Nc1nccnc1SCc1cccc(Cl)c1. The van der Waals surface area contributed by atoms with Gasteiger partial charge in [0.2, 0.25) is 0 Å². The topological polar surface area (TPSA) is 51.8 Å². The molecule has 0 saturated heterocycles. The Kier molecular flexibility index (Phi) is 3.64. The van der Waals surface area contributed by atoms with E-state index in [0.29, 0.717) is 5.82 Å². The van der Waals surface area contributed by atoms with Crippen molar-refractivity contribution in [3.63, 3.8) is 0 Å². The molecule has 0 radical (unpaired) electrons. The van der Waals surface area contributed by atoms with E-state index in [2.05, 4.69) is 9.97 Å². The molecule has 2 N–H and O–H groups in total. The predicted molar refractivity (Wildman–Crippen MR) is 67.5 cm³/mol. The van der Waals surface area contributed by atoms with Crippen LogP contribution >= 0.6 is 23.4 Å². The van der Waals surface area contributed by atoms with E-state index in [4.69, 9.17) is 17.3 Å². The molecule has 1 heterocycles. The smallest absolute Gasteiger partial charge is 0.156 e. The summed E-state index contributed by atoms with van der Waals surface area (Å²) in [5, 5.41) is 1.49. The van der Waals surface area contributed by atoms with Gasteiger partial charge in [-0.2, -0.15) is 0 Å². The van der Waals surface area contributed by atoms with Gasteiger partial charge in [0.05, 0.1) is 0 Å². The first-order chi connectivity index (χ1) is 7.75. The molecule has 0 saturated carbocycles. The second kappa shape index (κ2) is 5.18. The summed E-state index contributed by atoms with van der Waals surface area (Å²) in [5.74, 6) is 1.25. The first kappa shape index (κ1) is 11.2. The molecule has 1 aromatic carbocycles. The third-order valence-corrected chi connectivity index (χ3v) is 3.26. The Morgan fingerprint density at radius 1 is 1.25 bits per heavy atom. The van der Waals surface area contributed by atoms with Crippen molar-refractivity contribution >= 4 is 29.2 Å². The lowest BCUT2D eigenvalue weighted by Crippen LogP contribution is -1.94. The van der Waals surface area contributed by atoms with Gasteiger partial charge in [-0.1, -0.05) is 35.5 Å². The quantitative estimate of drug-likeness (QED) is 0.852. The number of halogens is 1. The zero-order valence-electron chi connectivity index (χ0n) is 8.43. The molecule has 0 unspecified atom stereocenters. The van der Waals surface area contributed by atoms with Crippen molar-refractivity contribution in [3.8, 4) is 0 Å². The Morgan fingerprint density at radius 2 is 2.06 bits per heavy atom. The van der Waals surface area contributed by atoms with E-state index >= 15 is 0 Å². The van der Waals surface area contributed by atoms with Gasteiger partial charge in [0.1, 0.15) is 5.03 Å². The van der Waals surface area contributed by atoms with E-state index in [1.165, 1.54) is 0 Å².